The molecule has 0 bridgehead atoms. The Hall–Kier alpha value is -0.820. The molecule has 0 aliphatic heterocycles. The third kappa shape index (κ3) is 11.1. The zero-order valence-corrected chi connectivity index (χ0v) is 10.1. The molecule has 1 nitrogen and oxygen atoms in total. The van der Waals surface area contributed by atoms with Gasteiger partial charge in [-0.25, -0.2) is 0 Å². The van der Waals surface area contributed by atoms with Gasteiger partial charge in [0.2, 0.25) is 0 Å². The van der Waals surface area contributed by atoms with Gasteiger partial charge in [-0.15, -0.1) is 0 Å². The number of aliphatic hydroxyl groups is 1. The lowest BCUT2D eigenvalue weighted by atomic mass is 10.1. The van der Waals surface area contributed by atoms with Crippen molar-refractivity contribution in [2.45, 2.75) is 46.0 Å². The van der Waals surface area contributed by atoms with Crippen molar-refractivity contribution in [3.05, 3.63) is 36.0 Å². The van der Waals surface area contributed by atoms with Crippen molar-refractivity contribution < 1.29 is 5.11 Å². The second kappa shape index (κ2) is 11.3. The second-order valence-corrected chi connectivity index (χ2v) is 3.80. The molecule has 86 valence electrons. The predicted octanol–water partition coefficient (Wildman–Crippen LogP) is 4.01. The first-order valence-corrected chi connectivity index (χ1v) is 5.91. The third-order valence-electron chi connectivity index (χ3n) is 2.17. The van der Waals surface area contributed by atoms with Gasteiger partial charge in [-0.2, -0.15) is 0 Å². The summed E-state index contributed by atoms with van der Waals surface area (Å²) in [4.78, 5) is 0. The van der Waals surface area contributed by atoms with Crippen LogP contribution in [0.3, 0.4) is 0 Å². The van der Waals surface area contributed by atoms with Crippen LogP contribution in [-0.4, -0.2) is 11.7 Å². The van der Waals surface area contributed by atoms with Crippen LogP contribution >= 0.6 is 0 Å². The highest BCUT2D eigenvalue weighted by molar-refractivity contribution is 5.15. The molecule has 0 fully saturated rings. The minimum atomic E-state index is 0.308. The van der Waals surface area contributed by atoms with E-state index >= 15 is 0 Å². The molecule has 0 saturated heterocycles. The van der Waals surface area contributed by atoms with E-state index in [1.807, 2.05) is 0 Å². The molecular formula is C14H24O. The van der Waals surface area contributed by atoms with Crippen LogP contribution in [0.2, 0.25) is 0 Å². The molecule has 0 aromatic carbocycles. The van der Waals surface area contributed by atoms with E-state index in [1.54, 1.807) is 0 Å². The van der Waals surface area contributed by atoms with Gasteiger partial charge in [-0.1, -0.05) is 49.3 Å². The average molecular weight is 208 g/mol. The van der Waals surface area contributed by atoms with E-state index in [0.717, 1.165) is 25.7 Å². The summed E-state index contributed by atoms with van der Waals surface area (Å²) < 4.78 is 0. The summed E-state index contributed by atoms with van der Waals surface area (Å²) in [6, 6.07) is 0. The fraction of sp³-hybridized carbons (Fsp3) is 0.571. The standard InChI is InChI=1S/C14H24O/c1-3-4-5-6-7-8-11-14(2)12-9-10-13-15/h5-8,11,15H,3-4,9-10,12-13H2,1-2H3. The topological polar surface area (TPSA) is 20.2 Å². The lowest BCUT2D eigenvalue weighted by molar-refractivity contribution is 0.284. The van der Waals surface area contributed by atoms with Gasteiger partial charge >= 0.3 is 0 Å². The van der Waals surface area contributed by atoms with Gasteiger partial charge in [0.1, 0.15) is 0 Å². The molecule has 0 aromatic rings. The molecule has 0 spiro atoms. The Morgan fingerprint density at radius 2 is 1.93 bits per heavy atom. The Labute approximate surface area is 94.2 Å². The van der Waals surface area contributed by atoms with Crippen LogP contribution in [0.25, 0.3) is 0 Å². The van der Waals surface area contributed by atoms with Crippen molar-refractivity contribution in [3.8, 4) is 0 Å². The van der Waals surface area contributed by atoms with Gasteiger partial charge in [0.05, 0.1) is 0 Å². The first kappa shape index (κ1) is 14.2. The molecule has 0 aromatic heterocycles. The fourth-order valence-corrected chi connectivity index (χ4v) is 1.22. The number of hydrogen-bond acceptors (Lipinski definition) is 1. The Morgan fingerprint density at radius 1 is 1.13 bits per heavy atom. The highest BCUT2D eigenvalue weighted by Crippen LogP contribution is 2.05. The van der Waals surface area contributed by atoms with Crippen molar-refractivity contribution >= 4 is 0 Å². The van der Waals surface area contributed by atoms with E-state index in [0.29, 0.717) is 6.61 Å². The molecule has 15 heavy (non-hydrogen) atoms. The summed E-state index contributed by atoms with van der Waals surface area (Å²) in [7, 11) is 0. The summed E-state index contributed by atoms with van der Waals surface area (Å²) >= 11 is 0. The highest BCUT2D eigenvalue weighted by atomic mass is 16.2. The lowest BCUT2D eigenvalue weighted by Gasteiger charge is -1.97. The van der Waals surface area contributed by atoms with E-state index in [1.165, 1.54) is 12.0 Å². The Morgan fingerprint density at radius 3 is 2.60 bits per heavy atom. The SMILES string of the molecule is CCCC=CC=CC=C(C)CCCCO. The van der Waals surface area contributed by atoms with Crippen molar-refractivity contribution in [3.63, 3.8) is 0 Å². The monoisotopic (exact) mass is 208 g/mol. The largest absolute Gasteiger partial charge is 0.396 e. The van der Waals surface area contributed by atoms with Crippen molar-refractivity contribution in [1.29, 1.82) is 0 Å². The molecule has 0 saturated carbocycles. The highest BCUT2D eigenvalue weighted by Gasteiger charge is 1.88. The molecule has 0 radical (unpaired) electrons. The Kier molecular flexibility index (Phi) is 10.6. The number of rotatable bonds is 8. The van der Waals surface area contributed by atoms with Crippen LogP contribution in [0.4, 0.5) is 0 Å². The third-order valence-corrected chi connectivity index (χ3v) is 2.17. The van der Waals surface area contributed by atoms with E-state index in [4.69, 9.17) is 5.11 Å². The maximum absolute atomic E-state index is 8.63. The number of unbranched alkanes of at least 4 members (excludes halogenated alkanes) is 2. The zero-order valence-electron chi connectivity index (χ0n) is 10.1. The molecule has 0 unspecified atom stereocenters. The Balaban J connectivity index is 3.64. The molecule has 0 atom stereocenters. The molecule has 0 rings (SSSR count). The minimum Gasteiger partial charge on any atom is -0.396 e. The normalized spacial score (nSPS) is 13.1. The van der Waals surface area contributed by atoms with E-state index < -0.39 is 0 Å². The quantitative estimate of drug-likeness (QED) is 0.472. The van der Waals surface area contributed by atoms with Crippen LogP contribution in [-0.2, 0) is 0 Å². The van der Waals surface area contributed by atoms with E-state index in [9.17, 15) is 0 Å². The van der Waals surface area contributed by atoms with Gasteiger partial charge < -0.3 is 5.11 Å². The first-order chi connectivity index (χ1) is 7.31. The van der Waals surface area contributed by atoms with Gasteiger partial charge in [0.15, 0.2) is 0 Å². The number of allylic oxidation sites excluding steroid dienone is 6. The lowest BCUT2D eigenvalue weighted by Crippen LogP contribution is -1.83. The Bertz CT molecular complexity index is 211. The van der Waals surface area contributed by atoms with Gasteiger partial charge in [0.25, 0.3) is 0 Å². The smallest absolute Gasteiger partial charge is 0.0431 e. The molecule has 0 aliphatic carbocycles. The molecule has 0 aliphatic rings. The van der Waals surface area contributed by atoms with Crippen LogP contribution in [0.1, 0.15) is 46.0 Å². The molecule has 0 amide bonds. The van der Waals surface area contributed by atoms with Gasteiger partial charge in [-0.3, -0.25) is 0 Å². The van der Waals surface area contributed by atoms with Gasteiger partial charge in [-0.05, 0) is 32.6 Å². The van der Waals surface area contributed by atoms with Crippen LogP contribution < -0.4 is 0 Å². The summed E-state index contributed by atoms with van der Waals surface area (Å²) in [5.74, 6) is 0. The van der Waals surface area contributed by atoms with E-state index in [2.05, 4.69) is 44.2 Å². The molecule has 1 N–H and O–H groups in total. The van der Waals surface area contributed by atoms with Crippen molar-refractivity contribution in [2.24, 2.45) is 0 Å². The second-order valence-electron chi connectivity index (χ2n) is 3.80. The maximum Gasteiger partial charge on any atom is 0.0431 e. The van der Waals surface area contributed by atoms with E-state index in [-0.39, 0.29) is 0 Å². The fourth-order valence-electron chi connectivity index (χ4n) is 1.22. The molecule has 0 heterocycles. The minimum absolute atomic E-state index is 0.308. The van der Waals surface area contributed by atoms with Crippen LogP contribution in [0, 0.1) is 0 Å². The molecule has 1 heteroatoms. The van der Waals surface area contributed by atoms with Crippen LogP contribution in [0.5, 0.6) is 0 Å². The van der Waals surface area contributed by atoms with Crippen molar-refractivity contribution in [1.82, 2.24) is 0 Å². The maximum atomic E-state index is 8.63. The number of hydrogen-bond donors (Lipinski definition) is 1. The first-order valence-electron chi connectivity index (χ1n) is 5.91. The number of aliphatic hydroxyl groups excluding tert-OH is 1. The van der Waals surface area contributed by atoms with Gasteiger partial charge in [0, 0.05) is 6.61 Å². The summed E-state index contributed by atoms with van der Waals surface area (Å²) in [5, 5.41) is 8.63. The summed E-state index contributed by atoms with van der Waals surface area (Å²) in [6.07, 6.45) is 16.0. The average Bonchev–Trinajstić information content (AvgIpc) is 2.23. The summed E-state index contributed by atoms with van der Waals surface area (Å²) in [5.41, 5.74) is 1.38. The van der Waals surface area contributed by atoms with Crippen molar-refractivity contribution in [2.75, 3.05) is 6.61 Å². The zero-order chi connectivity index (χ0) is 11.4. The molecular weight excluding hydrogens is 184 g/mol. The summed E-state index contributed by atoms with van der Waals surface area (Å²) in [6.45, 7) is 4.62. The predicted molar refractivity (Wildman–Crippen MR) is 67.9 cm³/mol. The van der Waals surface area contributed by atoms with Crippen LogP contribution in [0.15, 0.2) is 36.0 Å².